The SMILES string of the molecule is O=S(=O)(c1ccc2c(c1)CCC2)N1CCCC1c1nc(-c2cccc(Cl)c2)no1. The number of sulfonamides is 1. The second kappa shape index (κ2) is 7.23. The Kier molecular flexibility index (Phi) is 4.69. The third kappa shape index (κ3) is 3.37. The fourth-order valence-electron chi connectivity index (χ4n) is 4.23. The molecule has 29 heavy (non-hydrogen) atoms. The fourth-order valence-corrected chi connectivity index (χ4v) is 6.13. The first-order valence-corrected chi connectivity index (χ1v) is 11.6. The highest BCUT2D eigenvalue weighted by Crippen LogP contribution is 2.37. The van der Waals surface area contributed by atoms with E-state index in [0.717, 1.165) is 36.8 Å². The summed E-state index contributed by atoms with van der Waals surface area (Å²) in [6.45, 7) is 0.443. The predicted molar refractivity (Wildman–Crippen MR) is 109 cm³/mol. The van der Waals surface area contributed by atoms with E-state index in [1.165, 1.54) is 9.87 Å². The van der Waals surface area contributed by atoms with Crippen LogP contribution in [-0.4, -0.2) is 29.4 Å². The van der Waals surface area contributed by atoms with E-state index >= 15 is 0 Å². The number of halogens is 1. The fraction of sp³-hybridized carbons (Fsp3) is 0.333. The van der Waals surface area contributed by atoms with Gasteiger partial charge in [-0.2, -0.15) is 9.29 Å². The molecule has 2 heterocycles. The first-order valence-electron chi connectivity index (χ1n) is 9.75. The Balaban J connectivity index is 1.46. The molecule has 0 saturated carbocycles. The van der Waals surface area contributed by atoms with E-state index in [2.05, 4.69) is 10.1 Å². The standard InChI is InChI=1S/C21H20ClN3O3S/c22-17-7-2-6-16(12-17)20-23-21(28-24-20)19-8-3-11-25(19)29(26,27)18-10-9-14-4-1-5-15(14)13-18/h2,6-7,9-10,12-13,19H,1,3-5,8,11H2. The second-order valence-corrected chi connectivity index (χ2v) is 9.85. The molecule has 2 aliphatic rings. The van der Waals surface area contributed by atoms with E-state index in [9.17, 15) is 8.42 Å². The van der Waals surface area contributed by atoms with Gasteiger partial charge in [-0.05, 0) is 67.5 Å². The lowest BCUT2D eigenvalue weighted by Gasteiger charge is -2.21. The molecule has 2 aromatic carbocycles. The first kappa shape index (κ1) is 18.8. The molecule has 0 N–H and O–H groups in total. The van der Waals surface area contributed by atoms with Crippen LogP contribution in [-0.2, 0) is 22.9 Å². The van der Waals surface area contributed by atoms with Gasteiger partial charge < -0.3 is 4.52 Å². The summed E-state index contributed by atoms with van der Waals surface area (Å²) in [5, 5.41) is 4.62. The van der Waals surface area contributed by atoms with Crippen molar-refractivity contribution in [2.45, 2.75) is 43.0 Å². The normalized spacial score (nSPS) is 19.6. The predicted octanol–water partition coefficient (Wildman–Crippen LogP) is 4.40. The molecule has 1 atom stereocenters. The summed E-state index contributed by atoms with van der Waals surface area (Å²) in [4.78, 5) is 4.82. The Labute approximate surface area is 174 Å². The molecule has 0 amide bonds. The van der Waals surface area contributed by atoms with Crippen molar-refractivity contribution in [2.24, 2.45) is 0 Å². The number of aromatic nitrogens is 2. The minimum Gasteiger partial charge on any atom is -0.337 e. The summed E-state index contributed by atoms with van der Waals surface area (Å²) in [6, 6.07) is 12.2. The van der Waals surface area contributed by atoms with Crippen LogP contribution < -0.4 is 0 Å². The van der Waals surface area contributed by atoms with E-state index in [1.807, 2.05) is 24.3 Å². The average molecular weight is 430 g/mol. The van der Waals surface area contributed by atoms with Crippen LogP contribution in [0.3, 0.4) is 0 Å². The number of hydrogen-bond acceptors (Lipinski definition) is 5. The van der Waals surface area contributed by atoms with Crippen molar-refractivity contribution in [3.05, 3.63) is 64.5 Å². The highest BCUT2D eigenvalue weighted by Gasteiger charge is 2.39. The molecule has 3 aromatic rings. The molecule has 1 saturated heterocycles. The Morgan fingerprint density at radius 2 is 1.93 bits per heavy atom. The molecule has 1 unspecified atom stereocenters. The molecule has 1 aliphatic heterocycles. The van der Waals surface area contributed by atoms with Crippen molar-refractivity contribution in [3.8, 4) is 11.4 Å². The highest BCUT2D eigenvalue weighted by molar-refractivity contribution is 7.89. The number of aryl methyl sites for hydroxylation is 2. The van der Waals surface area contributed by atoms with E-state index in [-0.39, 0.29) is 0 Å². The molecule has 8 heteroatoms. The molecule has 0 radical (unpaired) electrons. The van der Waals surface area contributed by atoms with Crippen molar-refractivity contribution in [3.63, 3.8) is 0 Å². The maximum Gasteiger partial charge on any atom is 0.245 e. The van der Waals surface area contributed by atoms with Gasteiger partial charge in [0.05, 0.1) is 4.90 Å². The van der Waals surface area contributed by atoms with Crippen LogP contribution in [0.25, 0.3) is 11.4 Å². The second-order valence-electron chi connectivity index (χ2n) is 7.52. The minimum atomic E-state index is -3.64. The zero-order chi connectivity index (χ0) is 20.0. The molecule has 150 valence electrons. The third-order valence-electron chi connectivity index (χ3n) is 5.69. The van der Waals surface area contributed by atoms with Crippen molar-refractivity contribution < 1.29 is 12.9 Å². The Bertz CT molecular complexity index is 1180. The first-order chi connectivity index (χ1) is 14.0. The van der Waals surface area contributed by atoms with Crippen molar-refractivity contribution in [1.29, 1.82) is 0 Å². The molecule has 0 bridgehead atoms. The molecule has 1 aliphatic carbocycles. The van der Waals surface area contributed by atoms with E-state index in [4.69, 9.17) is 16.1 Å². The summed E-state index contributed by atoms with van der Waals surface area (Å²) in [7, 11) is -3.64. The van der Waals surface area contributed by atoms with Crippen LogP contribution in [0.4, 0.5) is 0 Å². The largest absolute Gasteiger partial charge is 0.337 e. The quantitative estimate of drug-likeness (QED) is 0.614. The van der Waals surface area contributed by atoms with Gasteiger partial charge in [0.15, 0.2) is 0 Å². The molecule has 6 nitrogen and oxygen atoms in total. The highest BCUT2D eigenvalue weighted by atomic mass is 35.5. The van der Waals surface area contributed by atoms with E-state index < -0.39 is 16.1 Å². The molecule has 1 aromatic heterocycles. The lowest BCUT2D eigenvalue weighted by atomic mass is 10.1. The van der Waals surface area contributed by atoms with Crippen LogP contribution in [0.2, 0.25) is 5.02 Å². The van der Waals surface area contributed by atoms with Gasteiger partial charge in [-0.3, -0.25) is 0 Å². The van der Waals surface area contributed by atoms with Crippen molar-refractivity contribution >= 4 is 21.6 Å². The molecule has 0 spiro atoms. The summed E-state index contributed by atoms with van der Waals surface area (Å²) in [5.74, 6) is 0.728. The molecule has 5 rings (SSSR count). The van der Waals surface area contributed by atoms with Gasteiger partial charge in [0, 0.05) is 17.1 Å². The summed E-state index contributed by atoms with van der Waals surface area (Å²) >= 11 is 6.05. The van der Waals surface area contributed by atoms with Crippen LogP contribution >= 0.6 is 11.6 Å². The van der Waals surface area contributed by atoms with E-state index in [0.29, 0.717) is 34.6 Å². The van der Waals surface area contributed by atoms with Crippen LogP contribution in [0.5, 0.6) is 0 Å². The lowest BCUT2D eigenvalue weighted by molar-refractivity contribution is 0.290. The number of nitrogens with zero attached hydrogens (tertiary/aromatic N) is 3. The summed E-state index contributed by atoms with van der Waals surface area (Å²) in [6.07, 6.45) is 4.45. The monoisotopic (exact) mass is 429 g/mol. The Hall–Kier alpha value is -2.22. The van der Waals surface area contributed by atoms with Crippen molar-refractivity contribution in [1.82, 2.24) is 14.4 Å². The lowest BCUT2D eigenvalue weighted by Crippen LogP contribution is -2.31. The zero-order valence-corrected chi connectivity index (χ0v) is 17.3. The van der Waals surface area contributed by atoms with E-state index in [1.54, 1.807) is 18.2 Å². The topological polar surface area (TPSA) is 76.3 Å². The minimum absolute atomic E-state index is 0.321. The Morgan fingerprint density at radius 3 is 2.79 bits per heavy atom. The molecule has 1 fully saturated rings. The van der Waals surface area contributed by atoms with Gasteiger partial charge in [-0.1, -0.05) is 35.0 Å². The molecular formula is C21H20ClN3O3S. The zero-order valence-electron chi connectivity index (χ0n) is 15.7. The van der Waals surface area contributed by atoms with Gasteiger partial charge in [-0.25, -0.2) is 8.42 Å². The maximum atomic E-state index is 13.4. The van der Waals surface area contributed by atoms with Gasteiger partial charge in [0.1, 0.15) is 6.04 Å². The number of benzene rings is 2. The number of rotatable bonds is 4. The molecular weight excluding hydrogens is 410 g/mol. The Morgan fingerprint density at radius 1 is 1.07 bits per heavy atom. The third-order valence-corrected chi connectivity index (χ3v) is 7.83. The van der Waals surface area contributed by atoms with Gasteiger partial charge >= 0.3 is 0 Å². The van der Waals surface area contributed by atoms with Gasteiger partial charge in [0.25, 0.3) is 0 Å². The number of fused-ring (bicyclic) bond motifs is 1. The maximum absolute atomic E-state index is 13.4. The van der Waals surface area contributed by atoms with Crippen LogP contribution in [0.15, 0.2) is 51.9 Å². The average Bonchev–Trinajstić information content (AvgIpc) is 3.46. The van der Waals surface area contributed by atoms with Gasteiger partial charge in [-0.15, -0.1) is 0 Å². The van der Waals surface area contributed by atoms with Crippen molar-refractivity contribution in [2.75, 3.05) is 6.54 Å². The summed E-state index contributed by atoms with van der Waals surface area (Å²) in [5.41, 5.74) is 3.13. The van der Waals surface area contributed by atoms with Crippen LogP contribution in [0, 0.1) is 0 Å². The van der Waals surface area contributed by atoms with Crippen LogP contribution in [0.1, 0.15) is 42.3 Å². The van der Waals surface area contributed by atoms with Gasteiger partial charge in [0.2, 0.25) is 21.7 Å². The number of hydrogen-bond donors (Lipinski definition) is 0. The smallest absolute Gasteiger partial charge is 0.245 e. The summed E-state index contributed by atoms with van der Waals surface area (Å²) < 4.78 is 33.7.